The van der Waals surface area contributed by atoms with Crippen LogP contribution in [0.4, 0.5) is 11.4 Å². The van der Waals surface area contributed by atoms with Gasteiger partial charge in [-0.05, 0) is 30.7 Å². The van der Waals surface area contributed by atoms with Crippen LogP contribution >= 0.6 is 0 Å². The topological polar surface area (TPSA) is 81.8 Å². The molecule has 3 amide bonds. The van der Waals surface area contributed by atoms with Gasteiger partial charge in [-0.1, -0.05) is 29.8 Å². The molecule has 0 bridgehead atoms. The third-order valence-electron chi connectivity index (χ3n) is 5.67. The van der Waals surface area contributed by atoms with E-state index in [1.807, 2.05) is 31.2 Å². The lowest BCUT2D eigenvalue weighted by molar-refractivity contribution is -0.118. The van der Waals surface area contributed by atoms with Crippen molar-refractivity contribution in [1.29, 1.82) is 0 Å². The average molecular weight is 406 g/mol. The zero-order chi connectivity index (χ0) is 21.3. The highest BCUT2D eigenvalue weighted by Crippen LogP contribution is 2.38. The van der Waals surface area contributed by atoms with E-state index in [4.69, 9.17) is 0 Å². The first-order valence-electron chi connectivity index (χ1n) is 10.2. The van der Waals surface area contributed by atoms with Crippen molar-refractivity contribution in [1.82, 2.24) is 10.2 Å². The van der Waals surface area contributed by atoms with Gasteiger partial charge in [0, 0.05) is 38.7 Å². The molecule has 1 saturated heterocycles. The summed E-state index contributed by atoms with van der Waals surface area (Å²) in [6.45, 7) is 6.33. The SMILES string of the molecule is CC(=O)N1c2ccc(C(=O)N3CCNCC3)cc2NC(=O)CC1c1ccc(C)cc1. The average Bonchev–Trinajstić information content (AvgIpc) is 2.89. The van der Waals surface area contributed by atoms with Gasteiger partial charge in [-0.25, -0.2) is 0 Å². The van der Waals surface area contributed by atoms with Crippen molar-refractivity contribution >= 4 is 29.1 Å². The van der Waals surface area contributed by atoms with Gasteiger partial charge in [0.05, 0.1) is 23.8 Å². The third-order valence-corrected chi connectivity index (χ3v) is 5.67. The van der Waals surface area contributed by atoms with Gasteiger partial charge in [0.1, 0.15) is 0 Å². The number of amides is 3. The normalized spacial score (nSPS) is 19.0. The summed E-state index contributed by atoms with van der Waals surface area (Å²) in [5.41, 5.74) is 3.62. The summed E-state index contributed by atoms with van der Waals surface area (Å²) in [5.74, 6) is -0.404. The number of carbonyl (C=O) groups excluding carboxylic acids is 3. The van der Waals surface area contributed by atoms with Crippen molar-refractivity contribution in [3.63, 3.8) is 0 Å². The van der Waals surface area contributed by atoms with Crippen LogP contribution in [0, 0.1) is 6.92 Å². The molecule has 7 nitrogen and oxygen atoms in total. The van der Waals surface area contributed by atoms with Gasteiger partial charge < -0.3 is 20.4 Å². The molecule has 0 saturated carbocycles. The molecule has 0 aliphatic carbocycles. The van der Waals surface area contributed by atoms with Gasteiger partial charge in [0.15, 0.2) is 0 Å². The van der Waals surface area contributed by atoms with Crippen LogP contribution in [0.3, 0.4) is 0 Å². The molecule has 2 aromatic carbocycles. The summed E-state index contributed by atoms with van der Waals surface area (Å²) in [6, 6.07) is 12.7. The Labute approximate surface area is 176 Å². The quantitative estimate of drug-likeness (QED) is 0.803. The molecule has 1 atom stereocenters. The lowest BCUT2D eigenvalue weighted by atomic mass is 10.00. The second-order valence-corrected chi connectivity index (χ2v) is 7.84. The van der Waals surface area contributed by atoms with E-state index in [2.05, 4.69) is 10.6 Å². The van der Waals surface area contributed by atoms with E-state index in [0.717, 1.165) is 24.2 Å². The summed E-state index contributed by atoms with van der Waals surface area (Å²) < 4.78 is 0. The molecule has 156 valence electrons. The Morgan fingerprint density at radius 3 is 2.40 bits per heavy atom. The van der Waals surface area contributed by atoms with Crippen LogP contribution in [-0.2, 0) is 9.59 Å². The fourth-order valence-electron chi connectivity index (χ4n) is 4.11. The summed E-state index contributed by atoms with van der Waals surface area (Å²) in [5, 5.41) is 6.13. The van der Waals surface area contributed by atoms with E-state index >= 15 is 0 Å². The molecule has 1 unspecified atom stereocenters. The zero-order valence-corrected chi connectivity index (χ0v) is 17.3. The molecule has 2 aliphatic heterocycles. The van der Waals surface area contributed by atoms with Crippen molar-refractivity contribution < 1.29 is 14.4 Å². The monoisotopic (exact) mass is 406 g/mol. The van der Waals surface area contributed by atoms with E-state index in [9.17, 15) is 14.4 Å². The Hall–Kier alpha value is -3.19. The minimum atomic E-state index is -0.404. The predicted molar refractivity (Wildman–Crippen MR) is 116 cm³/mol. The largest absolute Gasteiger partial charge is 0.336 e. The highest BCUT2D eigenvalue weighted by atomic mass is 16.2. The van der Waals surface area contributed by atoms with Gasteiger partial charge >= 0.3 is 0 Å². The number of anilines is 2. The summed E-state index contributed by atoms with van der Waals surface area (Å²) in [4.78, 5) is 41.7. The Balaban J connectivity index is 1.72. The number of carbonyl (C=O) groups is 3. The van der Waals surface area contributed by atoms with E-state index < -0.39 is 6.04 Å². The van der Waals surface area contributed by atoms with Gasteiger partial charge in [-0.3, -0.25) is 14.4 Å². The molecule has 2 N–H and O–H groups in total. The van der Waals surface area contributed by atoms with Crippen molar-refractivity contribution in [3.8, 4) is 0 Å². The van der Waals surface area contributed by atoms with E-state index in [1.54, 1.807) is 28.0 Å². The van der Waals surface area contributed by atoms with Crippen LogP contribution < -0.4 is 15.5 Å². The maximum absolute atomic E-state index is 12.9. The second-order valence-electron chi connectivity index (χ2n) is 7.84. The van der Waals surface area contributed by atoms with Crippen molar-refractivity contribution in [2.24, 2.45) is 0 Å². The maximum atomic E-state index is 12.9. The number of aryl methyl sites for hydroxylation is 1. The molecular weight excluding hydrogens is 380 g/mol. The summed E-state index contributed by atoms with van der Waals surface area (Å²) >= 11 is 0. The molecule has 2 heterocycles. The fraction of sp³-hybridized carbons (Fsp3) is 0.348. The first-order chi connectivity index (χ1) is 14.4. The Morgan fingerprint density at radius 1 is 1.03 bits per heavy atom. The van der Waals surface area contributed by atoms with Gasteiger partial charge in [0.25, 0.3) is 5.91 Å². The minimum Gasteiger partial charge on any atom is -0.336 e. The standard InChI is InChI=1S/C23H26N4O3/c1-15-3-5-17(6-4-15)21-14-22(29)25-19-13-18(7-8-20(19)27(21)16(2)28)23(30)26-11-9-24-10-12-26/h3-8,13,21,24H,9-12,14H2,1-2H3,(H,25,29). The highest BCUT2D eigenvalue weighted by molar-refractivity contribution is 6.06. The Kier molecular flexibility index (Phi) is 5.55. The van der Waals surface area contributed by atoms with E-state index in [0.29, 0.717) is 30.0 Å². The molecule has 2 aromatic rings. The number of nitrogens with one attached hydrogen (secondary N) is 2. The number of rotatable bonds is 2. The van der Waals surface area contributed by atoms with Crippen LogP contribution in [0.5, 0.6) is 0 Å². The predicted octanol–water partition coefficient (Wildman–Crippen LogP) is 2.48. The first-order valence-corrected chi connectivity index (χ1v) is 10.2. The molecule has 4 rings (SSSR count). The molecule has 7 heteroatoms. The Bertz CT molecular complexity index is 980. The van der Waals surface area contributed by atoms with Crippen LogP contribution in [0.1, 0.15) is 40.9 Å². The molecule has 0 aromatic heterocycles. The lowest BCUT2D eigenvalue weighted by Gasteiger charge is -2.30. The number of piperazine rings is 1. The fourth-order valence-corrected chi connectivity index (χ4v) is 4.11. The number of hydrogen-bond donors (Lipinski definition) is 2. The molecule has 0 spiro atoms. The summed E-state index contributed by atoms with van der Waals surface area (Å²) in [6.07, 6.45) is 0.151. The van der Waals surface area contributed by atoms with E-state index in [1.165, 1.54) is 6.92 Å². The van der Waals surface area contributed by atoms with E-state index in [-0.39, 0.29) is 24.1 Å². The number of nitrogens with zero attached hydrogens (tertiary/aromatic N) is 2. The summed E-state index contributed by atoms with van der Waals surface area (Å²) in [7, 11) is 0. The molecule has 1 fully saturated rings. The first kappa shape index (κ1) is 20.1. The van der Waals surface area contributed by atoms with Gasteiger partial charge in [-0.15, -0.1) is 0 Å². The van der Waals surface area contributed by atoms with Gasteiger partial charge in [0.2, 0.25) is 11.8 Å². The van der Waals surface area contributed by atoms with Crippen molar-refractivity contribution in [3.05, 3.63) is 59.2 Å². The van der Waals surface area contributed by atoms with Crippen molar-refractivity contribution in [2.45, 2.75) is 26.3 Å². The van der Waals surface area contributed by atoms with Crippen LogP contribution in [0.15, 0.2) is 42.5 Å². The van der Waals surface area contributed by atoms with Crippen LogP contribution in [-0.4, -0.2) is 48.8 Å². The van der Waals surface area contributed by atoms with Gasteiger partial charge in [-0.2, -0.15) is 0 Å². The Morgan fingerprint density at radius 2 is 1.73 bits per heavy atom. The molecule has 0 radical (unpaired) electrons. The zero-order valence-electron chi connectivity index (χ0n) is 17.3. The number of fused-ring (bicyclic) bond motifs is 1. The molecule has 30 heavy (non-hydrogen) atoms. The molecule has 2 aliphatic rings. The third kappa shape index (κ3) is 3.93. The van der Waals surface area contributed by atoms with Crippen LogP contribution in [0.2, 0.25) is 0 Å². The van der Waals surface area contributed by atoms with Crippen molar-refractivity contribution in [2.75, 3.05) is 36.4 Å². The molecular formula is C23H26N4O3. The van der Waals surface area contributed by atoms with Crippen LogP contribution in [0.25, 0.3) is 0 Å². The lowest BCUT2D eigenvalue weighted by Crippen LogP contribution is -2.46. The smallest absolute Gasteiger partial charge is 0.254 e. The number of benzene rings is 2. The number of hydrogen-bond acceptors (Lipinski definition) is 4. The second kappa shape index (κ2) is 8.28. The maximum Gasteiger partial charge on any atom is 0.254 e. The minimum absolute atomic E-state index is 0.0674. The highest BCUT2D eigenvalue weighted by Gasteiger charge is 2.32.